The van der Waals surface area contributed by atoms with Gasteiger partial charge < -0.3 is 14.8 Å². The molecule has 1 heterocycles. The Kier molecular flexibility index (Phi) is 4.49. The van der Waals surface area contributed by atoms with E-state index in [1.807, 2.05) is 25.1 Å². The van der Waals surface area contributed by atoms with Crippen LogP contribution in [0.5, 0.6) is 11.5 Å². The van der Waals surface area contributed by atoms with Crippen molar-refractivity contribution >= 4 is 17.0 Å². The highest BCUT2D eigenvalue weighted by atomic mass is 32.1. The quantitative estimate of drug-likeness (QED) is 0.906. The van der Waals surface area contributed by atoms with Gasteiger partial charge in [0.2, 0.25) is 0 Å². The normalized spacial score (nSPS) is 12.1. The van der Waals surface area contributed by atoms with Crippen molar-refractivity contribution in [1.82, 2.24) is 4.98 Å². The van der Waals surface area contributed by atoms with Gasteiger partial charge in [0.05, 0.1) is 31.0 Å². The number of hydrogen-bond donors (Lipinski definition) is 1. The largest absolute Gasteiger partial charge is 0.493 e. The van der Waals surface area contributed by atoms with Crippen LogP contribution in [0.2, 0.25) is 0 Å². The van der Waals surface area contributed by atoms with E-state index in [1.165, 1.54) is 4.88 Å². The van der Waals surface area contributed by atoms with Crippen molar-refractivity contribution < 1.29 is 9.47 Å². The average molecular weight is 292 g/mol. The zero-order valence-electron chi connectivity index (χ0n) is 12.5. The number of nitrogens with one attached hydrogen (secondary N) is 1. The molecule has 0 aliphatic carbocycles. The molecule has 0 fully saturated rings. The number of hydrogen-bond acceptors (Lipinski definition) is 5. The summed E-state index contributed by atoms with van der Waals surface area (Å²) < 4.78 is 10.6. The standard InChI is InChI=1S/C15H20N2O2S/c1-9(15-10(2)20-11(3)17-15)16-12-6-7-13(18-4)14(8-12)19-5/h6-9,16H,1-5H3. The zero-order chi connectivity index (χ0) is 14.7. The molecule has 1 aromatic carbocycles. The fraction of sp³-hybridized carbons (Fsp3) is 0.400. The first-order valence-corrected chi connectivity index (χ1v) is 7.29. The zero-order valence-corrected chi connectivity index (χ0v) is 13.3. The number of aryl methyl sites for hydroxylation is 2. The van der Waals surface area contributed by atoms with Crippen LogP contribution in [0, 0.1) is 13.8 Å². The fourth-order valence-electron chi connectivity index (χ4n) is 2.19. The van der Waals surface area contributed by atoms with Crippen molar-refractivity contribution in [3.05, 3.63) is 33.8 Å². The number of ether oxygens (including phenoxy) is 2. The van der Waals surface area contributed by atoms with Gasteiger partial charge in [-0.05, 0) is 32.9 Å². The Hall–Kier alpha value is -1.75. The summed E-state index contributed by atoms with van der Waals surface area (Å²) in [6, 6.07) is 5.96. The Balaban J connectivity index is 2.19. The number of benzene rings is 1. The first-order valence-electron chi connectivity index (χ1n) is 6.47. The van der Waals surface area contributed by atoms with E-state index in [1.54, 1.807) is 25.6 Å². The van der Waals surface area contributed by atoms with Crippen molar-refractivity contribution in [3.8, 4) is 11.5 Å². The topological polar surface area (TPSA) is 43.4 Å². The van der Waals surface area contributed by atoms with Crippen molar-refractivity contribution in [2.24, 2.45) is 0 Å². The molecule has 0 aliphatic rings. The fourth-order valence-corrected chi connectivity index (χ4v) is 3.11. The molecule has 20 heavy (non-hydrogen) atoms. The number of rotatable bonds is 5. The number of aromatic nitrogens is 1. The molecule has 0 aliphatic heterocycles. The van der Waals surface area contributed by atoms with Crippen LogP contribution < -0.4 is 14.8 Å². The minimum absolute atomic E-state index is 0.151. The van der Waals surface area contributed by atoms with Gasteiger partial charge >= 0.3 is 0 Å². The summed E-state index contributed by atoms with van der Waals surface area (Å²) >= 11 is 1.73. The predicted octanol–water partition coefficient (Wildman–Crippen LogP) is 3.95. The lowest BCUT2D eigenvalue weighted by atomic mass is 10.2. The third-order valence-electron chi connectivity index (χ3n) is 3.12. The predicted molar refractivity (Wildman–Crippen MR) is 83.2 cm³/mol. The van der Waals surface area contributed by atoms with Gasteiger partial charge in [0.1, 0.15) is 0 Å². The Morgan fingerprint density at radius 3 is 2.40 bits per heavy atom. The summed E-state index contributed by atoms with van der Waals surface area (Å²) in [5, 5.41) is 4.54. The second-order valence-electron chi connectivity index (χ2n) is 4.61. The summed E-state index contributed by atoms with van der Waals surface area (Å²) in [5.41, 5.74) is 2.09. The summed E-state index contributed by atoms with van der Waals surface area (Å²) in [7, 11) is 3.27. The Labute approximate surface area is 123 Å². The average Bonchev–Trinajstić information content (AvgIpc) is 2.77. The molecule has 1 unspecified atom stereocenters. The maximum atomic E-state index is 5.31. The van der Waals surface area contributed by atoms with E-state index < -0.39 is 0 Å². The van der Waals surface area contributed by atoms with Crippen LogP contribution in [0.1, 0.15) is 28.5 Å². The third-order valence-corrected chi connectivity index (χ3v) is 4.02. The Bertz CT molecular complexity index is 596. The molecule has 0 bridgehead atoms. The molecular weight excluding hydrogens is 272 g/mol. The Morgan fingerprint density at radius 2 is 1.85 bits per heavy atom. The van der Waals surface area contributed by atoms with E-state index in [9.17, 15) is 0 Å². The van der Waals surface area contributed by atoms with E-state index in [2.05, 4.69) is 24.1 Å². The van der Waals surface area contributed by atoms with E-state index in [4.69, 9.17) is 9.47 Å². The monoisotopic (exact) mass is 292 g/mol. The first kappa shape index (κ1) is 14.7. The highest BCUT2D eigenvalue weighted by Gasteiger charge is 2.14. The van der Waals surface area contributed by atoms with Gasteiger partial charge in [-0.15, -0.1) is 11.3 Å². The highest BCUT2D eigenvalue weighted by molar-refractivity contribution is 7.11. The lowest BCUT2D eigenvalue weighted by Gasteiger charge is -2.16. The van der Waals surface area contributed by atoms with Crippen LogP contribution in [-0.2, 0) is 0 Å². The minimum Gasteiger partial charge on any atom is -0.493 e. The van der Waals surface area contributed by atoms with Crippen LogP contribution in [0.25, 0.3) is 0 Å². The number of anilines is 1. The molecule has 2 rings (SSSR count). The molecule has 0 saturated heterocycles. The van der Waals surface area contributed by atoms with E-state index in [0.717, 1.165) is 27.9 Å². The van der Waals surface area contributed by atoms with Gasteiger partial charge in [-0.3, -0.25) is 0 Å². The summed E-state index contributed by atoms with van der Waals surface area (Å²) in [6.07, 6.45) is 0. The lowest BCUT2D eigenvalue weighted by Crippen LogP contribution is -2.08. The second kappa shape index (κ2) is 6.13. The Morgan fingerprint density at radius 1 is 1.15 bits per heavy atom. The number of nitrogens with zero attached hydrogens (tertiary/aromatic N) is 1. The van der Waals surface area contributed by atoms with Crippen molar-refractivity contribution in [1.29, 1.82) is 0 Å². The van der Waals surface area contributed by atoms with Crippen LogP contribution in [0.3, 0.4) is 0 Å². The smallest absolute Gasteiger partial charge is 0.162 e. The van der Waals surface area contributed by atoms with E-state index in [-0.39, 0.29) is 6.04 Å². The highest BCUT2D eigenvalue weighted by Crippen LogP contribution is 2.32. The molecule has 0 amide bonds. The van der Waals surface area contributed by atoms with Gasteiger partial charge in [-0.1, -0.05) is 0 Å². The maximum Gasteiger partial charge on any atom is 0.162 e. The van der Waals surface area contributed by atoms with Gasteiger partial charge in [0, 0.05) is 16.6 Å². The molecule has 5 heteroatoms. The van der Waals surface area contributed by atoms with Crippen molar-refractivity contribution in [2.45, 2.75) is 26.8 Å². The van der Waals surface area contributed by atoms with E-state index in [0.29, 0.717) is 0 Å². The van der Waals surface area contributed by atoms with Gasteiger partial charge in [-0.25, -0.2) is 4.98 Å². The SMILES string of the molecule is COc1ccc(NC(C)c2nc(C)sc2C)cc1OC. The number of methoxy groups -OCH3 is 2. The minimum atomic E-state index is 0.151. The van der Waals surface area contributed by atoms with Crippen molar-refractivity contribution in [3.63, 3.8) is 0 Å². The molecule has 0 saturated carbocycles. The van der Waals surface area contributed by atoms with Crippen LogP contribution in [0.4, 0.5) is 5.69 Å². The van der Waals surface area contributed by atoms with Gasteiger partial charge in [0.25, 0.3) is 0 Å². The van der Waals surface area contributed by atoms with Gasteiger partial charge in [0.15, 0.2) is 11.5 Å². The molecule has 1 atom stereocenters. The molecule has 2 aromatic rings. The summed E-state index contributed by atoms with van der Waals surface area (Å²) in [5.74, 6) is 1.45. The molecular formula is C15H20N2O2S. The third kappa shape index (κ3) is 3.04. The summed E-state index contributed by atoms with van der Waals surface area (Å²) in [4.78, 5) is 5.84. The maximum absolute atomic E-state index is 5.31. The first-order chi connectivity index (χ1) is 9.55. The number of thiazole rings is 1. The molecule has 0 spiro atoms. The van der Waals surface area contributed by atoms with Crippen LogP contribution >= 0.6 is 11.3 Å². The second-order valence-corrected chi connectivity index (χ2v) is 6.02. The van der Waals surface area contributed by atoms with Crippen LogP contribution in [-0.4, -0.2) is 19.2 Å². The molecule has 4 nitrogen and oxygen atoms in total. The molecule has 1 aromatic heterocycles. The lowest BCUT2D eigenvalue weighted by molar-refractivity contribution is 0.355. The summed E-state index contributed by atoms with van der Waals surface area (Å²) in [6.45, 7) is 6.25. The molecule has 108 valence electrons. The molecule has 1 N–H and O–H groups in total. The van der Waals surface area contributed by atoms with Crippen LogP contribution in [0.15, 0.2) is 18.2 Å². The van der Waals surface area contributed by atoms with E-state index >= 15 is 0 Å². The van der Waals surface area contributed by atoms with Gasteiger partial charge in [-0.2, -0.15) is 0 Å². The molecule has 0 radical (unpaired) electrons. The van der Waals surface area contributed by atoms with Crippen molar-refractivity contribution in [2.75, 3.05) is 19.5 Å².